The van der Waals surface area contributed by atoms with Crippen LogP contribution in [0.3, 0.4) is 0 Å². The molecule has 3 heterocycles. The number of hydrogen-bond acceptors (Lipinski definition) is 6. The molecule has 1 saturated heterocycles. The minimum absolute atomic E-state index is 0.475. The van der Waals surface area contributed by atoms with Crippen molar-refractivity contribution in [1.82, 2.24) is 15.1 Å². The van der Waals surface area contributed by atoms with Crippen LogP contribution in [0.25, 0.3) is 22.8 Å². The first-order chi connectivity index (χ1) is 12.3. The third-order valence-electron chi connectivity index (χ3n) is 4.45. The van der Waals surface area contributed by atoms with Crippen LogP contribution in [0.2, 0.25) is 0 Å². The van der Waals surface area contributed by atoms with Gasteiger partial charge >= 0.3 is 0 Å². The zero-order chi connectivity index (χ0) is 17.1. The van der Waals surface area contributed by atoms with Crippen LogP contribution in [-0.4, -0.2) is 35.3 Å². The Balaban J connectivity index is 1.53. The standard InChI is InChI=1S/C19H20N4O2/c1-24-16-8-5-14(6-9-16)18-21-19(25-22-18)15-7-10-17(20-13-15)23-11-3-2-4-12-23/h5-10,13H,2-4,11-12H2,1H3. The van der Waals surface area contributed by atoms with E-state index in [9.17, 15) is 0 Å². The molecule has 0 bridgehead atoms. The summed E-state index contributed by atoms with van der Waals surface area (Å²) >= 11 is 0. The maximum atomic E-state index is 5.40. The molecule has 4 rings (SSSR count). The summed E-state index contributed by atoms with van der Waals surface area (Å²) in [5.74, 6) is 2.84. The van der Waals surface area contributed by atoms with Crippen molar-refractivity contribution in [3.05, 3.63) is 42.6 Å². The van der Waals surface area contributed by atoms with Crippen LogP contribution in [0.15, 0.2) is 47.1 Å². The summed E-state index contributed by atoms with van der Waals surface area (Å²) in [6.45, 7) is 2.16. The van der Waals surface area contributed by atoms with Gasteiger partial charge in [0.25, 0.3) is 5.89 Å². The van der Waals surface area contributed by atoms with Crippen molar-refractivity contribution in [2.45, 2.75) is 19.3 Å². The lowest BCUT2D eigenvalue weighted by atomic mass is 10.1. The number of ether oxygens (including phenoxy) is 1. The van der Waals surface area contributed by atoms with Gasteiger partial charge in [0, 0.05) is 24.8 Å². The van der Waals surface area contributed by atoms with Gasteiger partial charge < -0.3 is 14.2 Å². The molecular weight excluding hydrogens is 316 g/mol. The minimum atomic E-state index is 0.475. The molecule has 0 saturated carbocycles. The van der Waals surface area contributed by atoms with Crippen molar-refractivity contribution < 1.29 is 9.26 Å². The maximum absolute atomic E-state index is 5.40. The number of aromatic nitrogens is 3. The fourth-order valence-electron chi connectivity index (χ4n) is 3.02. The number of rotatable bonds is 4. The smallest absolute Gasteiger partial charge is 0.259 e. The van der Waals surface area contributed by atoms with Crippen molar-refractivity contribution in [3.8, 4) is 28.6 Å². The fraction of sp³-hybridized carbons (Fsp3) is 0.316. The van der Waals surface area contributed by atoms with Gasteiger partial charge in [-0.05, 0) is 55.7 Å². The number of anilines is 1. The van der Waals surface area contributed by atoms with Gasteiger partial charge in [0.05, 0.1) is 12.7 Å². The highest BCUT2D eigenvalue weighted by atomic mass is 16.5. The molecule has 1 aliphatic heterocycles. The number of hydrogen-bond donors (Lipinski definition) is 0. The van der Waals surface area contributed by atoms with Crippen LogP contribution in [-0.2, 0) is 0 Å². The summed E-state index contributed by atoms with van der Waals surface area (Å²) in [7, 11) is 1.64. The molecule has 0 atom stereocenters. The molecule has 6 nitrogen and oxygen atoms in total. The van der Waals surface area contributed by atoms with Gasteiger partial charge in [-0.15, -0.1) is 0 Å². The second-order valence-corrected chi connectivity index (χ2v) is 6.10. The Kier molecular flexibility index (Phi) is 4.33. The first kappa shape index (κ1) is 15.6. The lowest BCUT2D eigenvalue weighted by Crippen LogP contribution is -2.29. The molecule has 25 heavy (non-hydrogen) atoms. The van der Waals surface area contributed by atoms with Crippen molar-refractivity contribution >= 4 is 5.82 Å². The van der Waals surface area contributed by atoms with E-state index in [1.165, 1.54) is 19.3 Å². The van der Waals surface area contributed by atoms with Gasteiger partial charge in [-0.3, -0.25) is 0 Å². The van der Waals surface area contributed by atoms with E-state index in [1.807, 2.05) is 36.4 Å². The topological polar surface area (TPSA) is 64.3 Å². The van der Waals surface area contributed by atoms with E-state index >= 15 is 0 Å². The lowest BCUT2D eigenvalue weighted by Gasteiger charge is -2.27. The van der Waals surface area contributed by atoms with Gasteiger partial charge in [0.2, 0.25) is 5.82 Å². The number of pyridine rings is 1. The molecule has 0 spiro atoms. The third-order valence-corrected chi connectivity index (χ3v) is 4.45. The number of piperidine rings is 1. The summed E-state index contributed by atoms with van der Waals surface area (Å²) in [6.07, 6.45) is 5.58. The SMILES string of the molecule is COc1ccc(-c2noc(-c3ccc(N4CCCCC4)nc3)n2)cc1. The summed E-state index contributed by atoms with van der Waals surface area (Å²) < 4.78 is 10.6. The molecule has 1 aliphatic rings. The van der Waals surface area contributed by atoms with Crippen molar-refractivity contribution in [1.29, 1.82) is 0 Å². The van der Waals surface area contributed by atoms with Crippen LogP contribution in [0, 0.1) is 0 Å². The molecule has 0 amide bonds. The van der Waals surface area contributed by atoms with Gasteiger partial charge in [0.1, 0.15) is 11.6 Å². The van der Waals surface area contributed by atoms with Gasteiger partial charge in [-0.2, -0.15) is 4.98 Å². The van der Waals surface area contributed by atoms with Crippen LogP contribution >= 0.6 is 0 Å². The maximum Gasteiger partial charge on any atom is 0.259 e. The Morgan fingerprint density at radius 2 is 1.72 bits per heavy atom. The quantitative estimate of drug-likeness (QED) is 0.722. The monoisotopic (exact) mass is 336 g/mol. The molecule has 0 N–H and O–H groups in total. The summed E-state index contributed by atoms with van der Waals surface area (Å²) in [6, 6.07) is 11.6. The van der Waals surface area contributed by atoms with E-state index in [0.29, 0.717) is 11.7 Å². The largest absolute Gasteiger partial charge is 0.497 e. The van der Waals surface area contributed by atoms with Gasteiger partial charge in [-0.25, -0.2) is 4.98 Å². The average Bonchev–Trinajstić information content (AvgIpc) is 3.19. The van der Waals surface area contributed by atoms with Gasteiger partial charge in [-0.1, -0.05) is 5.16 Å². The summed E-state index contributed by atoms with van der Waals surface area (Å²) in [5, 5.41) is 4.07. The Bertz CT molecular complexity index is 821. The van der Waals surface area contributed by atoms with Crippen LogP contribution in [0.4, 0.5) is 5.82 Å². The number of nitrogens with zero attached hydrogens (tertiary/aromatic N) is 4. The molecule has 0 radical (unpaired) electrons. The van der Waals surface area contributed by atoms with E-state index in [2.05, 4.69) is 20.0 Å². The molecule has 3 aromatic rings. The molecule has 0 unspecified atom stereocenters. The van der Waals surface area contributed by atoms with Crippen molar-refractivity contribution in [2.75, 3.05) is 25.1 Å². The van der Waals surface area contributed by atoms with Crippen LogP contribution in [0.1, 0.15) is 19.3 Å². The normalized spacial score (nSPS) is 14.5. The van der Waals surface area contributed by atoms with Crippen LogP contribution in [0.5, 0.6) is 5.75 Å². The van der Waals surface area contributed by atoms with E-state index in [4.69, 9.17) is 9.26 Å². The molecule has 0 aliphatic carbocycles. The van der Waals surface area contributed by atoms with Crippen molar-refractivity contribution in [2.24, 2.45) is 0 Å². The molecule has 2 aromatic heterocycles. The Morgan fingerprint density at radius 3 is 2.40 bits per heavy atom. The predicted octanol–water partition coefficient (Wildman–Crippen LogP) is 3.80. The summed E-state index contributed by atoms with van der Waals surface area (Å²) in [5.41, 5.74) is 1.71. The number of methoxy groups -OCH3 is 1. The Hall–Kier alpha value is -2.89. The van der Waals surface area contributed by atoms with Gasteiger partial charge in [0.15, 0.2) is 0 Å². The minimum Gasteiger partial charge on any atom is -0.497 e. The highest BCUT2D eigenvalue weighted by Crippen LogP contribution is 2.25. The lowest BCUT2D eigenvalue weighted by molar-refractivity contribution is 0.415. The fourth-order valence-corrected chi connectivity index (χ4v) is 3.02. The zero-order valence-corrected chi connectivity index (χ0v) is 14.2. The predicted molar refractivity (Wildman–Crippen MR) is 95.6 cm³/mol. The van der Waals surface area contributed by atoms with E-state index in [1.54, 1.807) is 13.3 Å². The Morgan fingerprint density at radius 1 is 0.960 bits per heavy atom. The molecule has 1 fully saturated rings. The van der Waals surface area contributed by atoms with E-state index < -0.39 is 0 Å². The molecule has 128 valence electrons. The third kappa shape index (κ3) is 3.33. The number of benzene rings is 1. The molecule has 6 heteroatoms. The highest BCUT2D eigenvalue weighted by molar-refractivity contribution is 5.60. The van der Waals surface area contributed by atoms with Crippen molar-refractivity contribution in [3.63, 3.8) is 0 Å². The highest BCUT2D eigenvalue weighted by Gasteiger charge is 2.14. The first-order valence-electron chi connectivity index (χ1n) is 8.53. The Labute approximate surface area is 146 Å². The second kappa shape index (κ2) is 6.93. The first-order valence-corrected chi connectivity index (χ1v) is 8.53. The van der Waals surface area contributed by atoms with Crippen LogP contribution < -0.4 is 9.64 Å². The molecule has 1 aromatic carbocycles. The van der Waals surface area contributed by atoms with E-state index in [0.717, 1.165) is 35.8 Å². The zero-order valence-electron chi connectivity index (χ0n) is 14.2. The second-order valence-electron chi connectivity index (χ2n) is 6.10. The average molecular weight is 336 g/mol. The summed E-state index contributed by atoms with van der Waals surface area (Å²) in [4.78, 5) is 11.4. The van der Waals surface area contributed by atoms with E-state index in [-0.39, 0.29) is 0 Å². The molecular formula is C19H20N4O2.